The zero-order valence-electron chi connectivity index (χ0n) is 9.78. The van der Waals surface area contributed by atoms with Crippen molar-refractivity contribution in [2.24, 2.45) is 5.41 Å². The molecule has 0 amide bonds. The van der Waals surface area contributed by atoms with E-state index in [2.05, 4.69) is 0 Å². The zero-order chi connectivity index (χ0) is 12.3. The van der Waals surface area contributed by atoms with Crippen LogP contribution in [0, 0.1) is 5.41 Å². The van der Waals surface area contributed by atoms with E-state index in [9.17, 15) is 14.7 Å². The molecular weight excluding hydrogens is 204 g/mol. The summed E-state index contributed by atoms with van der Waals surface area (Å²) in [5.41, 5.74) is -0.422. The van der Waals surface area contributed by atoms with Gasteiger partial charge in [-0.2, -0.15) is 0 Å². The summed E-state index contributed by atoms with van der Waals surface area (Å²) >= 11 is 0. The van der Waals surface area contributed by atoms with Crippen molar-refractivity contribution in [2.45, 2.75) is 27.2 Å². The van der Waals surface area contributed by atoms with Crippen LogP contribution < -0.4 is 0 Å². The van der Waals surface area contributed by atoms with Gasteiger partial charge in [-0.15, -0.1) is 0 Å². The predicted molar refractivity (Wildman–Crippen MR) is 61.3 cm³/mol. The molecule has 0 saturated heterocycles. The van der Waals surface area contributed by atoms with E-state index in [-0.39, 0.29) is 23.7 Å². The highest BCUT2D eigenvalue weighted by atomic mass is 16.3. The van der Waals surface area contributed by atoms with Gasteiger partial charge in [-0.05, 0) is 38.8 Å². The van der Waals surface area contributed by atoms with Crippen molar-refractivity contribution in [2.75, 3.05) is 0 Å². The number of aromatic hydroxyl groups is 1. The highest BCUT2D eigenvalue weighted by Crippen LogP contribution is 2.29. The summed E-state index contributed by atoms with van der Waals surface area (Å²) in [5, 5.41) is 9.61. The lowest BCUT2D eigenvalue weighted by Gasteiger charge is -2.23. The molecule has 1 aromatic rings. The highest BCUT2D eigenvalue weighted by molar-refractivity contribution is 6.04. The number of hydrogen-bond acceptors (Lipinski definition) is 3. The number of phenolic OH excluding ortho intramolecular Hbond substituents is 1. The van der Waals surface area contributed by atoms with Gasteiger partial charge in [0.15, 0.2) is 0 Å². The Morgan fingerprint density at radius 2 is 1.69 bits per heavy atom. The van der Waals surface area contributed by atoms with E-state index < -0.39 is 5.41 Å². The average Bonchev–Trinajstić information content (AvgIpc) is 2.20. The monoisotopic (exact) mass is 220 g/mol. The predicted octanol–water partition coefficient (Wildman–Crippen LogP) is 2.12. The number of benzene rings is 1. The van der Waals surface area contributed by atoms with Gasteiger partial charge in [0.05, 0.1) is 5.41 Å². The van der Waals surface area contributed by atoms with Gasteiger partial charge in [-0.1, -0.05) is 18.2 Å². The van der Waals surface area contributed by atoms with Crippen LogP contribution in [0.15, 0.2) is 24.3 Å². The Morgan fingerprint density at radius 1 is 1.19 bits per heavy atom. The number of rotatable bonds is 4. The summed E-state index contributed by atoms with van der Waals surface area (Å²) in [7, 11) is 0. The van der Waals surface area contributed by atoms with Crippen molar-refractivity contribution >= 4 is 11.6 Å². The number of carbonyl (C=O) groups is 2. The first-order valence-corrected chi connectivity index (χ1v) is 5.17. The van der Waals surface area contributed by atoms with Crippen molar-refractivity contribution in [1.82, 2.24) is 0 Å². The molecule has 0 saturated carbocycles. The number of Topliss-reactive ketones (excluding diaryl/α,β-unsaturated/α-hetero) is 2. The Labute approximate surface area is 95.1 Å². The van der Waals surface area contributed by atoms with E-state index >= 15 is 0 Å². The SMILES string of the molecule is CC(=O)C(C)(Cc1ccccc1O)C(C)=O. The third-order valence-electron chi connectivity index (χ3n) is 3.09. The minimum absolute atomic E-state index is 0.122. The van der Waals surface area contributed by atoms with Crippen molar-refractivity contribution < 1.29 is 14.7 Å². The minimum atomic E-state index is -1.04. The minimum Gasteiger partial charge on any atom is -0.508 e. The summed E-state index contributed by atoms with van der Waals surface area (Å²) < 4.78 is 0. The molecular formula is C13H16O3. The maximum atomic E-state index is 11.5. The summed E-state index contributed by atoms with van der Waals surface area (Å²) in [6, 6.07) is 6.75. The summed E-state index contributed by atoms with van der Waals surface area (Å²) in [5.74, 6) is -0.234. The smallest absolute Gasteiger partial charge is 0.143 e. The topological polar surface area (TPSA) is 54.4 Å². The largest absolute Gasteiger partial charge is 0.508 e. The lowest BCUT2D eigenvalue weighted by Crippen LogP contribution is -2.35. The van der Waals surface area contributed by atoms with Gasteiger partial charge >= 0.3 is 0 Å². The van der Waals surface area contributed by atoms with E-state index in [1.807, 2.05) is 0 Å². The molecule has 0 unspecified atom stereocenters. The third kappa shape index (κ3) is 2.30. The maximum absolute atomic E-state index is 11.5. The molecule has 0 aliphatic carbocycles. The fourth-order valence-electron chi connectivity index (χ4n) is 1.54. The van der Waals surface area contributed by atoms with Gasteiger partial charge in [0.1, 0.15) is 17.3 Å². The van der Waals surface area contributed by atoms with E-state index in [1.165, 1.54) is 13.8 Å². The maximum Gasteiger partial charge on any atom is 0.143 e. The Hall–Kier alpha value is -1.64. The Morgan fingerprint density at radius 3 is 2.12 bits per heavy atom. The molecule has 1 aromatic carbocycles. The van der Waals surface area contributed by atoms with Crippen LogP contribution in [0.4, 0.5) is 0 Å². The van der Waals surface area contributed by atoms with Gasteiger partial charge in [0.25, 0.3) is 0 Å². The van der Waals surface area contributed by atoms with E-state index in [0.29, 0.717) is 5.56 Å². The second kappa shape index (κ2) is 4.47. The molecule has 0 spiro atoms. The molecule has 0 aromatic heterocycles. The summed E-state index contributed by atoms with van der Waals surface area (Å²) in [4.78, 5) is 23.0. The molecule has 3 heteroatoms. The molecule has 16 heavy (non-hydrogen) atoms. The molecule has 0 aliphatic rings. The first-order valence-electron chi connectivity index (χ1n) is 5.17. The van der Waals surface area contributed by atoms with Crippen LogP contribution >= 0.6 is 0 Å². The van der Waals surface area contributed by atoms with Crippen LogP contribution in [0.3, 0.4) is 0 Å². The van der Waals surface area contributed by atoms with Gasteiger partial charge in [0, 0.05) is 0 Å². The van der Waals surface area contributed by atoms with Crippen LogP contribution in [0.2, 0.25) is 0 Å². The fourth-order valence-corrected chi connectivity index (χ4v) is 1.54. The molecule has 0 fully saturated rings. The molecule has 0 radical (unpaired) electrons. The molecule has 0 heterocycles. The third-order valence-corrected chi connectivity index (χ3v) is 3.09. The zero-order valence-corrected chi connectivity index (χ0v) is 9.78. The van der Waals surface area contributed by atoms with Gasteiger partial charge in [0.2, 0.25) is 0 Å². The first-order chi connectivity index (χ1) is 7.38. The normalized spacial score (nSPS) is 11.2. The summed E-state index contributed by atoms with van der Waals surface area (Å²) in [6.07, 6.45) is 0.240. The number of para-hydroxylation sites is 1. The standard InChI is InChI=1S/C13H16O3/c1-9(14)13(3,10(2)15)8-11-6-4-5-7-12(11)16/h4-7,16H,8H2,1-3H3. The first kappa shape index (κ1) is 12.4. The van der Waals surface area contributed by atoms with E-state index in [1.54, 1.807) is 31.2 Å². The van der Waals surface area contributed by atoms with Gasteiger partial charge in [-0.25, -0.2) is 0 Å². The van der Waals surface area contributed by atoms with Crippen molar-refractivity contribution in [1.29, 1.82) is 0 Å². The van der Waals surface area contributed by atoms with Gasteiger partial charge < -0.3 is 5.11 Å². The lowest BCUT2D eigenvalue weighted by atomic mass is 9.77. The lowest BCUT2D eigenvalue weighted by molar-refractivity contribution is -0.137. The molecule has 1 N–H and O–H groups in total. The average molecular weight is 220 g/mol. The van der Waals surface area contributed by atoms with Crippen LogP contribution in [-0.2, 0) is 16.0 Å². The summed E-state index contributed by atoms with van der Waals surface area (Å²) in [6.45, 7) is 4.42. The number of phenols is 1. The van der Waals surface area contributed by atoms with Crippen molar-refractivity contribution in [3.63, 3.8) is 0 Å². The second-order valence-corrected chi connectivity index (χ2v) is 4.25. The quantitative estimate of drug-likeness (QED) is 0.791. The molecule has 3 nitrogen and oxygen atoms in total. The Balaban J connectivity index is 3.07. The number of hydrogen-bond donors (Lipinski definition) is 1. The van der Waals surface area contributed by atoms with Crippen molar-refractivity contribution in [3.05, 3.63) is 29.8 Å². The van der Waals surface area contributed by atoms with Crippen LogP contribution in [0.1, 0.15) is 26.3 Å². The Kier molecular flexibility index (Phi) is 3.48. The van der Waals surface area contributed by atoms with E-state index in [4.69, 9.17) is 0 Å². The van der Waals surface area contributed by atoms with Crippen LogP contribution in [0.25, 0.3) is 0 Å². The highest BCUT2D eigenvalue weighted by Gasteiger charge is 2.35. The number of carbonyl (C=O) groups excluding carboxylic acids is 2. The number of ketones is 2. The molecule has 0 atom stereocenters. The molecule has 86 valence electrons. The second-order valence-electron chi connectivity index (χ2n) is 4.25. The molecule has 1 rings (SSSR count). The molecule has 0 bridgehead atoms. The van der Waals surface area contributed by atoms with E-state index in [0.717, 1.165) is 0 Å². The van der Waals surface area contributed by atoms with Crippen LogP contribution in [0.5, 0.6) is 5.75 Å². The van der Waals surface area contributed by atoms with Crippen LogP contribution in [-0.4, -0.2) is 16.7 Å². The molecule has 0 aliphatic heterocycles. The van der Waals surface area contributed by atoms with Gasteiger partial charge in [-0.3, -0.25) is 9.59 Å². The fraction of sp³-hybridized carbons (Fsp3) is 0.385. The van der Waals surface area contributed by atoms with Crippen molar-refractivity contribution in [3.8, 4) is 5.75 Å². The Bertz CT molecular complexity index is 407.